The van der Waals surface area contributed by atoms with Crippen molar-refractivity contribution < 1.29 is 9.59 Å². The molecule has 0 bridgehead atoms. The third-order valence-electron chi connectivity index (χ3n) is 3.77. The highest BCUT2D eigenvalue weighted by molar-refractivity contribution is 7.17. The summed E-state index contributed by atoms with van der Waals surface area (Å²) in [7, 11) is 0. The van der Waals surface area contributed by atoms with Crippen molar-refractivity contribution in [3.05, 3.63) is 76.8 Å². The van der Waals surface area contributed by atoms with E-state index in [9.17, 15) is 9.59 Å². The maximum Gasteiger partial charge on any atom is 0.263 e. The molecule has 0 fully saturated rings. The molecule has 2 N–H and O–H groups in total. The normalized spacial score (nSPS) is 10.3. The minimum Gasteiger partial charge on any atom is -0.350 e. The van der Waals surface area contributed by atoms with E-state index >= 15 is 0 Å². The van der Waals surface area contributed by atoms with Gasteiger partial charge in [-0.3, -0.25) is 9.59 Å². The van der Waals surface area contributed by atoms with Gasteiger partial charge in [0.2, 0.25) is 5.91 Å². The number of nitrogens with zero attached hydrogens (tertiary/aromatic N) is 1. The van der Waals surface area contributed by atoms with Crippen LogP contribution in [0.3, 0.4) is 0 Å². The van der Waals surface area contributed by atoms with Crippen LogP contribution in [0.5, 0.6) is 0 Å². The van der Waals surface area contributed by atoms with Crippen molar-refractivity contribution in [3.63, 3.8) is 0 Å². The summed E-state index contributed by atoms with van der Waals surface area (Å²) in [5, 5.41) is 6.24. The maximum atomic E-state index is 12.4. The van der Waals surface area contributed by atoms with Gasteiger partial charge in [0, 0.05) is 12.1 Å². The van der Waals surface area contributed by atoms with Crippen molar-refractivity contribution in [1.82, 2.24) is 15.6 Å². The topological polar surface area (TPSA) is 71.1 Å². The zero-order valence-electron chi connectivity index (χ0n) is 14.4. The van der Waals surface area contributed by atoms with E-state index in [-0.39, 0.29) is 18.4 Å². The first-order valence-corrected chi connectivity index (χ1v) is 9.07. The molecule has 1 aromatic heterocycles. The lowest BCUT2D eigenvalue weighted by Crippen LogP contribution is -2.36. The molecule has 1 heterocycles. The lowest BCUT2D eigenvalue weighted by atomic mass is 10.2. The van der Waals surface area contributed by atoms with E-state index in [4.69, 9.17) is 0 Å². The number of amides is 2. The van der Waals surface area contributed by atoms with Crippen LogP contribution in [0.25, 0.3) is 10.6 Å². The van der Waals surface area contributed by atoms with Crippen molar-refractivity contribution in [2.24, 2.45) is 0 Å². The summed E-state index contributed by atoms with van der Waals surface area (Å²) in [5.74, 6) is -0.510. The number of thiazole rings is 1. The Morgan fingerprint density at radius 3 is 2.31 bits per heavy atom. The van der Waals surface area contributed by atoms with Crippen LogP contribution in [-0.2, 0) is 11.3 Å². The summed E-state index contributed by atoms with van der Waals surface area (Å²) >= 11 is 1.33. The molecule has 26 heavy (non-hydrogen) atoms. The van der Waals surface area contributed by atoms with E-state index in [1.165, 1.54) is 11.3 Å². The molecule has 0 saturated heterocycles. The van der Waals surface area contributed by atoms with Crippen molar-refractivity contribution >= 4 is 23.2 Å². The van der Waals surface area contributed by atoms with Crippen LogP contribution in [0.1, 0.15) is 20.9 Å². The molecule has 0 unspecified atom stereocenters. The summed E-state index contributed by atoms with van der Waals surface area (Å²) in [6.07, 6.45) is 0. The van der Waals surface area contributed by atoms with Crippen LogP contribution >= 0.6 is 11.3 Å². The van der Waals surface area contributed by atoms with Crippen molar-refractivity contribution in [1.29, 1.82) is 0 Å². The zero-order valence-corrected chi connectivity index (χ0v) is 15.2. The molecular weight excluding hydrogens is 346 g/mol. The summed E-state index contributed by atoms with van der Waals surface area (Å²) in [6, 6.07) is 19.3. The molecule has 3 rings (SSSR count). The highest BCUT2D eigenvalue weighted by Crippen LogP contribution is 2.27. The first-order chi connectivity index (χ1) is 12.6. The number of nitrogens with one attached hydrogen (secondary N) is 2. The number of rotatable bonds is 6. The standard InChI is InChI=1S/C20H19N3O2S/c1-14-18(26-20(23-14)16-10-6-3-7-11-16)19(25)22-13-17(24)21-12-15-8-4-2-5-9-15/h2-11H,12-13H2,1H3,(H,21,24)(H,22,25). The van der Waals surface area contributed by atoms with Gasteiger partial charge in [-0.15, -0.1) is 11.3 Å². The van der Waals surface area contributed by atoms with Crippen LogP contribution in [0.4, 0.5) is 0 Å². The highest BCUT2D eigenvalue weighted by atomic mass is 32.1. The Kier molecular flexibility index (Phi) is 5.76. The summed E-state index contributed by atoms with van der Waals surface area (Å²) in [6.45, 7) is 2.17. The molecule has 3 aromatic rings. The SMILES string of the molecule is Cc1nc(-c2ccccc2)sc1C(=O)NCC(=O)NCc1ccccc1. The molecule has 2 aromatic carbocycles. The fraction of sp³-hybridized carbons (Fsp3) is 0.150. The lowest BCUT2D eigenvalue weighted by molar-refractivity contribution is -0.120. The van der Waals surface area contributed by atoms with Gasteiger partial charge in [0.05, 0.1) is 12.2 Å². The first kappa shape index (κ1) is 17.8. The number of hydrogen-bond acceptors (Lipinski definition) is 4. The third kappa shape index (κ3) is 4.55. The van der Waals surface area contributed by atoms with Gasteiger partial charge in [0.25, 0.3) is 5.91 Å². The lowest BCUT2D eigenvalue weighted by Gasteiger charge is -2.06. The quantitative estimate of drug-likeness (QED) is 0.705. The molecule has 0 saturated carbocycles. The average Bonchev–Trinajstić information content (AvgIpc) is 3.08. The third-order valence-corrected chi connectivity index (χ3v) is 4.97. The second-order valence-corrected chi connectivity index (χ2v) is 6.74. The van der Waals surface area contributed by atoms with Crippen molar-refractivity contribution in [2.75, 3.05) is 6.54 Å². The van der Waals surface area contributed by atoms with Crippen LogP contribution < -0.4 is 10.6 Å². The van der Waals surface area contributed by atoms with Gasteiger partial charge in [-0.1, -0.05) is 60.7 Å². The molecule has 0 radical (unpaired) electrons. The predicted octanol–water partition coefficient (Wildman–Crippen LogP) is 3.16. The molecule has 2 amide bonds. The Balaban J connectivity index is 1.55. The van der Waals surface area contributed by atoms with Crippen molar-refractivity contribution in [3.8, 4) is 10.6 Å². The molecule has 0 aliphatic heterocycles. The molecule has 0 aliphatic carbocycles. The van der Waals surface area contributed by atoms with Crippen LogP contribution in [-0.4, -0.2) is 23.3 Å². The molecule has 0 spiro atoms. The van der Waals surface area contributed by atoms with Gasteiger partial charge in [0.1, 0.15) is 9.88 Å². The van der Waals surface area contributed by atoms with Crippen LogP contribution in [0, 0.1) is 6.92 Å². The smallest absolute Gasteiger partial charge is 0.263 e. The van der Waals surface area contributed by atoms with E-state index < -0.39 is 0 Å². The van der Waals surface area contributed by atoms with Gasteiger partial charge >= 0.3 is 0 Å². The first-order valence-electron chi connectivity index (χ1n) is 8.25. The van der Waals surface area contributed by atoms with Gasteiger partial charge < -0.3 is 10.6 Å². The van der Waals surface area contributed by atoms with E-state index in [1.807, 2.05) is 60.7 Å². The van der Waals surface area contributed by atoms with Gasteiger partial charge in [-0.25, -0.2) is 4.98 Å². The van der Waals surface area contributed by atoms with Gasteiger partial charge in [0.15, 0.2) is 0 Å². The fourth-order valence-corrected chi connectivity index (χ4v) is 3.40. The van der Waals surface area contributed by atoms with Crippen LogP contribution in [0.2, 0.25) is 0 Å². The van der Waals surface area contributed by atoms with E-state index in [2.05, 4.69) is 15.6 Å². The number of benzene rings is 2. The Labute approximate surface area is 156 Å². The summed E-state index contributed by atoms with van der Waals surface area (Å²) in [5.41, 5.74) is 2.65. The molecule has 0 aliphatic rings. The average molecular weight is 365 g/mol. The van der Waals surface area contributed by atoms with Crippen LogP contribution in [0.15, 0.2) is 60.7 Å². The maximum absolute atomic E-state index is 12.4. The zero-order chi connectivity index (χ0) is 18.4. The Morgan fingerprint density at radius 1 is 0.962 bits per heavy atom. The van der Waals surface area contributed by atoms with Gasteiger partial charge in [-0.05, 0) is 12.5 Å². The Hall–Kier alpha value is -2.99. The number of aryl methyl sites for hydroxylation is 1. The number of carbonyl (C=O) groups is 2. The molecule has 5 nitrogen and oxygen atoms in total. The molecular formula is C20H19N3O2S. The number of aromatic nitrogens is 1. The summed E-state index contributed by atoms with van der Waals surface area (Å²) in [4.78, 5) is 29.3. The van der Waals surface area contributed by atoms with Gasteiger partial charge in [-0.2, -0.15) is 0 Å². The second kappa shape index (κ2) is 8.40. The monoisotopic (exact) mass is 365 g/mol. The predicted molar refractivity (Wildman–Crippen MR) is 103 cm³/mol. The van der Waals surface area contributed by atoms with E-state index in [1.54, 1.807) is 6.92 Å². The highest BCUT2D eigenvalue weighted by Gasteiger charge is 2.16. The van der Waals surface area contributed by atoms with Crippen molar-refractivity contribution in [2.45, 2.75) is 13.5 Å². The summed E-state index contributed by atoms with van der Waals surface area (Å²) < 4.78 is 0. The number of carbonyl (C=O) groups excluding carboxylic acids is 2. The molecule has 6 heteroatoms. The Bertz CT molecular complexity index is 892. The fourth-order valence-electron chi connectivity index (χ4n) is 2.41. The van der Waals surface area contributed by atoms with E-state index in [0.29, 0.717) is 17.1 Å². The minimum atomic E-state index is -0.281. The largest absolute Gasteiger partial charge is 0.350 e. The molecule has 0 atom stereocenters. The van der Waals surface area contributed by atoms with E-state index in [0.717, 1.165) is 16.1 Å². The molecule has 132 valence electrons. The Morgan fingerprint density at radius 2 is 1.62 bits per heavy atom. The number of hydrogen-bond donors (Lipinski definition) is 2. The second-order valence-electron chi connectivity index (χ2n) is 5.74. The minimum absolute atomic E-state index is 0.0658.